The first-order chi connectivity index (χ1) is 12.5. The Morgan fingerprint density at radius 2 is 1.52 bits per heavy atom. The number of fused-ring (bicyclic) bond motifs is 1. The van der Waals surface area contributed by atoms with Gasteiger partial charge in [0.05, 0.1) is 5.41 Å². The first-order valence-corrected chi connectivity index (χ1v) is 9.58. The van der Waals surface area contributed by atoms with Crippen LogP contribution in [0.15, 0.2) is 60.7 Å². The number of benzene rings is 2. The van der Waals surface area contributed by atoms with Gasteiger partial charge in [-0.3, -0.25) is 9.69 Å². The number of nitrogens with zero attached hydrogens (tertiary/aromatic N) is 2. The van der Waals surface area contributed by atoms with Gasteiger partial charge in [0, 0.05) is 31.6 Å². The van der Waals surface area contributed by atoms with Crippen LogP contribution in [0.4, 0.5) is 0 Å². The Hall–Kier alpha value is -1.84. The van der Waals surface area contributed by atoms with Crippen LogP contribution in [0, 0.1) is 11.8 Å². The van der Waals surface area contributed by atoms with E-state index in [2.05, 4.69) is 73.2 Å². The first kappa shape index (κ1) is 19.9. The molecule has 0 saturated carbocycles. The van der Waals surface area contributed by atoms with E-state index in [4.69, 9.17) is 0 Å². The average Bonchev–Trinajstić information content (AvgIpc) is 3.19. The highest BCUT2D eigenvalue weighted by Gasteiger charge is 2.49. The molecule has 0 radical (unpaired) electrons. The topological polar surface area (TPSA) is 23.6 Å². The molecule has 2 aliphatic heterocycles. The van der Waals surface area contributed by atoms with Crippen molar-refractivity contribution in [3.63, 3.8) is 0 Å². The second-order valence-corrected chi connectivity index (χ2v) is 8.42. The molecule has 4 rings (SSSR count). The summed E-state index contributed by atoms with van der Waals surface area (Å²) in [6, 6.07) is 21.3. The molecule has 0 unspecified atom stereocenters. The third-order valence-electron chi connectivity index (χ3n) is 6.35. The van der Waals surface area contributed by atoms with Gasteiger partial charge in [0.1, 0.15) is 0 Å². The minimum Gasteiger partial charge on any atom is -0.341 e. The highest BCUT2D eigenvalue weighted by Crippen LogP contribution is 2.44. The summed E-state index contributed by atoms with van der Waals surface area (Å²) in [5.74, 6) is 1.35. The van der Waals surface area contributed by atoms with Crippen molar-refractivity contribution in [3.05, 3.63) is 71.8 Å². The zero-order chi connectivity index (χ0) is 18.3. The van der Waals surface area contributed by atoms with E-state index < -0.39 is 5.41 Å². The third kappa shape index (κ3) is 3.51. The Morgan fingerprint density at radius 1 is 0.926 bits per heavy atom. The number of hydrogen-bond donors (Lipinski definition) is 0. The van der Waals surface area contributed by atoms with Crippen LogP contribution in [0.2, 0.25) is 0 Å². The van der Waals surface area contributed by atoms with Gasteiger partial charge < -0.3 is 4.90 Å². The van der Waals surface area contributed by atoms with E-state index >= 15 is 0 Å². The number of likely N-dealkylation sites (tertiary alicyclic amines) is 2. The summed E-state index contributed by atoms with van der Waals surface area (Å²) in [7, 11) is 2.22. The summed E-state index contributed by atoms with van der Waals surface area (Å²) in [5.41, 5.74) is 1.99. The van der Waals surface area contributed by atoms with E-state index in [1.165, 1.54) is 5.56 Å². The van der Waals surface area contributed by atoms with E-state index in [1.54, 1.807) is 0 Å². The summed E-state index contributed by atoms with van der Waals surface area (Å²) >= 11 is 0. The predicted molar refractivity (Wildman–Crippen MR) is 112 cm³/mol. The predicted octanol–water partition coefficient (Wildman–Crippen LogP) is 4.15. The summed E-state index contributed by atoms with van der Waals surface area (Å²) in [4.78, 5) is 17.9. The van der Waals surface area contributed by atoms with Gasteiger partial charge in [0.25, 0.3) is 0 Å². The molecule has 0 N–H and O–H groups in total. The van der Waals surface area contributed by atoms with Gasteiger partial charge in [0.15, 0.2) is 0 Å². The van der Waals surface area contributed by atoms with E-state index in [-0.39, 0.29) is 18.3 Å². The molecule has 2 aromatic rings. The molecular weight excluding hydrogens is 356 g/mol. The summed E-state index contributed by atoms with van der Waals surface area (Å²) in [6.07, 6.45) is 0. The summed E-state index contributed by atoms with van der Waals surface area (Å²) < 4.78 is 0. The minimum absolute atomic E-state index is 0. The highest BCUT2D eigenvalue weighted by atomic mass is 35.5. The fraction of sp³-hybridized carbons (Fsp3) is 0.435. The van der Waals surface area contributed by atoms with E-state index in [0.29, 0.717) is 17.9 Å². The zero-order valence-electron chi connectivity index (χ0n) is 16.3. The monoisotopic (exact) mass is 384 g/mol. The Bertz CT molecular complexity index is 777. The molecule has 3 atom stereocenters. The zero-order valence-corrected chi connectivity index (χ0v) is 17.2. The average molecular weight is 385 g/mol. The van der Waals surface area contributed by atoms with Crippen LogP contribution in [-0.2, 0) is 10.2 Å². The van der Waals surface area contributed by atoms with Gasteiger partial charge in [-0.25, -0.2) is 0 Å². The first-order valence-electron chi connectivity index (χ1n) is 9.58. The largest absolute Gasteiger partial charge is 0.341 e. The summed E-state index contributed by atoms with van der Waals surface area (Å²) in [6.45, 7) is 6.93. The van der Waals surface area contributed by atoms with Crippen LogP contribution in [0.1, 0.15) is 31.0 Å². The maximum Gasteiger partial charge on any atom is 0.232 e. The van der Waals surface area contributed by atoms with Crippen LogP contribution in [0.5, 0.6) is 0 Å². The molecule has 3 nitrogen and oxygen atoms in total. The molecule has 27 heavy (non-hydrogen) atoms. The molecule has 2 aliphatic rings. The number of carbonyl (C=O) groups excluding carboxylic acids is 1. The van der Waals surface area contributed by atoms with Crippen molar-refractivity contribution in [2.75, 3.05) is 26.7 Å². The Labute approximate surface area is 168 Å². The highest BCUT2D eigenvalue weighted by molar-refractivity contribution is 5.87. The molecule has 1 amide bonds. The molecule has 0 aromatic heterocycles. The van der Waals surface area contributed by atoms with E-state index in [9.17, 15) is 4.79 Å². The van der Waals surface area contributed by atoms with Crippen molar-refractivity contribution in [2.24, 2.45) is 11.8 Å². The molecular formula is C23H29ClN2O. The minimum atomic E-state index is -0.478. The van der Waals surface area contributed by atoms with Crippen LogP contribution in [0.3, 0.4) is 0 Å². The molecule has 144 valence electrons. The second kappa shape index (κ2) is 7.65. The Kier molecular flexibility index (Phi) is 5.64. The molecule has 2 aromatic carbocycles. The van der Waals surface area contributed by atoms with Crippen LogP contribution in [-0.4, -0.2) is 42.4 Å². The van der Waals surface area contributed by atoms with E-state index in [0.717, 1.165) is 25.2 Å². The van der Waals surface area contributed by atoms with Gasteiger partial charge in [-0.1, -0.05) is 60.7 Å². The van der Waals surface area contributed by atoms with Gasteiger partial charge in [-0.05, 0) is 37.9 Å². The molecule has 0 aliphatic carbocycles. The van der Waals surface area contributed by atoms with E-state index in [1.807, 2.05) is 18.2 Å². The van der Waals surface area contributed by atoms with Gasteiger partial charge in [0.2, 0.25) is 5.91 Å². The fourth-order valence-electron chi connectivity index (χ4n) is 4.95. The molecule has 2 saturated heterocycles. The quantitative estimate of drug-likeness (QED) is 0.793. The van der Waals surface area contributed by atoms with Gasteiger partial charge in [-0.2, -0.15) is 0 Å². The lowest BCUT2D eigenvalue weighted by Crippen LogP contribution is -2.43. The van der Waals surface area contributed by atoms with Crippen LogP contribution < -0.4 is 0 Å². The number of hydrogen-bond acceptors (Lipinski definition) is 2. The second-order valence-electron chi connectivity index (χ2n) is 8.42. The number of rotatable bonds is 3. The lowest BCUT2D eigenvalue weighted by molar-refractivity contribution is -0.135. The third-order valence-corrected chi connectivity index (χ3v) is 6.35. The number of amides is 1. The Balaban J connectivity index is 0.00000210. The van der Waals surface area contributed by atoms with Gasteiger partial charge in [-0.15, -0.1) is 12.4 Å². The number of halogens is 1. The van der Waals surface area contributed by atoms with Gasteiger partial charge >= 0.3 is 0 Å². The van der Waals surface area contributed by atoms with Crippen molar-refractivity contribution < 1.29 is 4.79 Å². The van der Waals surface area contributed by atoms with Crippen molar-refractivity contribution in [2.45, 2.75) is 25.3 Å². The normalized spacial score (nSPS) is 25.1. The molecule has 0 spiro atoms. The maximum absolute atomic E-state index is 13.3. The van der Waals surface area contributed by atoms with Crippen molar-refractivity contribution >= 4 is 18.3 Å². The molecule has 4 heteroatoms. The fourth-order valence-corrected chi connectivity index (χ4v) is 4.95. The Morgan fingerprint density at radius 3 is 2.15 bits per heavy atom. The molecule has 0 bridgehead atoms. The van der Waals surface area contributed by atoms with Crippen molar-refractivity contribution in [3.8, 4) is 0 Å². The number of carbonyl (C=O) groups is 1. The molecule has 2 heterocycles. The van der Waals surface area contributed by atoms with Crippen molar-refractivity contribution in [1.82, 2.24) is 9.80 Å². The summed E-state index contributed by atoms with van der Waals surface area (Å²) in [5, 5.41) is 0. The lowest BCUT2D eigenvalue weighted by Gasteiger charge is -2.32. The maximum atomic E-state index is 13.3. The van der Waals surface area contributed by atoms with Crippen LogP contribution >= 0.6 is 12.4 Å². The lowest BCUT2D eigenvalue weighted by atomic mass is 9.83. The van der Waals surface area contributed by atoms with Crippen LogP contribution in [0.25, 0.3) is 0 Å². The van der Waals surface area contributed by atoms with Crippen molar-refractivity contribution in [1.29, 1.82) is 0 Å². The standard InChI is InChI=1S/C23H28N2O.ClH/c1-23(2,19-12-8-5-9-13-19)22(26)25-15-18-14-24(3)21(20(18)16-25)17-10-6-4-7-11-17;/h4-13,18,20-21H,14-16H2,1-3H3;1H/t18-,20+,21-;/m0./s1. The smallest absolute Gasteiger partial charge is 0.232 e. The SMILES string of the molecule is CN1C[C@H]2CN(C(=O)C(C)(C)c3ccccc3)C[C@H]2[C@@H]1c1ccccc1.Cl. The molecule has 2 fully saturated rings.